The SMILES string of the molecule is CCCCCc1cc(C(=S)NCCCCc2cccnc2)ccc1-c1ccc(OC)c(OC)c1. The van der Waals surface area contributed by atoms with Gasteiger partial charge in [0.1, 0.15) is 4.99 Å². The number of unbranched alkanes of at least 4 members (excludes halogenated alkanes) is 3. The van der Waals surface area contributed by atoms with Gasteiger partial charge >= 0.3 is 0 Å². The molecule has 0 aliphatic heterocycles. The Labute approximate surface area is 209 Å². The summed E-state index contributed by atoms with van der Waals surface area (Å²) in [5, 5.41) is 3.45. The molecule has 1 aromatic heterocycles. The minimum absolute atomic E-state index is 0.740. The van der Waals surface area contributed by atoms with Gasteiger partial charge in [0.2, 0.25) is 0 Å². The number of nitrogens with one attached hydrogen (secondary N) is 1. The minimum atomic E-state index is 0.740. The van der Waals surface area contributed by atoms with Crippen LogP contribution in [0.4, 0.5) is 0 Å². The van der Waals surface area contributed by atoms with Crippen molar-refractivity contribution >= 4 is 17.2 Å². The summed E-state index contributed by atoms with van der Waals surface area (Å²) < 4.78 is 10.9. The molecule has 4 nitrogen and oxygen atoms in total. The molecule has 2 aromatic carbocycles. The second-order valence-corrected chi connectivity index (χ2v) is 8.88. The van der Waals surface area contributed by atoms with Crippen molar-refractivity contribution in [3.05, 3.63) is 77.6 Å². The highest BCUT2D eigenvalue weighted by Gasteiger charge is 2.12. The number of aromatic nitrogens is 1. The molecule has 1 heterocycles. The van der Waals surface area contributed by atoms with Crippen molar-refractivity contribution in [1.29, 1.82) is 0 Å². The molecule has 0 saturated heterocycles. The zero-order chi connectivity index (χ0) is 24.2. The second-order valence-electron chi connectivity index (χ2n) is 8.47. The van der Waals surface area contributed by atoms with Crippen LogP contribution < -0.4 is 14.8 Å². The van der Waals surface area contributed by atoms with Gasteiger partial charge in [-0.05, 0) is 78.6 Å². The van der Waals surface area contributed by atoms with E-state index in [-0.39, 0.29) is 0 Å². The van der Waals surface area contributed by atoms with E-state index in [1.807, 2.05) is 24.5 Å². The number of hydrogen-bond acceptors (Lipinski definition) is 4. The maximum atomic E-state index is 5.73. The fourth-order valence-electron chi connectivity index (χ4n) is 4.10. The summed E-state index contributed by atoms with van der Waals surface area (Å²) in [7, 11) is 3.34. The number of pyridine rings is 1. The van der Waals surface area contributed by atoms with Crippen LogP contribution in [-0.2, 0) is 12.8 Å². The Morgan fingerprint density at radius 2 is 1.74 bits per heavy atom. The van der Waals surface area contributed by atoms with Crippen LogP contribution in [0.25, 0.3) is 11.1 Å². The Morgan fingerprint density at radius 3 is 2.47 bits per heavy atom. The summed E-state index contributed by atoms with van der Waals surface area (Å²) in [5.74, 6) is 1.48. The molecule has 1 N–H and O–H groups in total. The molecule has 3 rings (SSSR count). The van der Waals surface area contributed by atoms with Crippen molar-refractivity contribution in [3.8, 4) is 22.6 Å². The summed E-state index contributed by atoms with van der Waals surface area (Å²) in [5.41, 5.74) is 6.04. The molecule has 0 spiro atoms. The predicted octanol–water partition coefficient (Wildman–Crippen LogP) is 6.79. The fraction of sp³-hybridized carbons (Fsp3) is 0.379. The van der Waals surface area contributed by atoms with Crippen LogP contribution in [0.3, 0.4) is 0 Å². The smallest absolute Gasteiger partial charge is 0.161 e. The number of benzene rings is 2. The lowest BCUT2D eigenvalue weighted by molar-refractivity contribution is 0.355. The molecule has 0 amide bonds. The number of methoxy groups -OCH3 is 2. The standard InChI is InChI=1S/C29H36N2O2S/c1-4-5-6-12-23-19-25(29(34)31-18-8-7-10-22-11-9-17-30-21-22)13-15-26(23)24-14-16-27(32-2)28(20-24)33-3/h9,11,13-17,19-21H,4-8,10,12,18H2,1-3H3,(H,31,34). The van der Waals surface area contributed by atoms with E-state index in [1.165, 1.54) is 29.5 Å². The minimum Gasteiger partial charge on any atom is -0.493 e. The summed E-state index contributed by atoms with van der Waals surface area (Å²) in [6.07, 6.45) is 11.6. The van der Waals surface area contributed by atoms with Gasteiger partial charge in [-0.15, -0.1) is 0 Å². The van der Waals surface area contributed by atoms with Gasteiger partial charge in [-0.1, -0.05) is 56.2 Å². The lowest BCUT2D eigenvalue weighted by Gasteiger charge is -2.15. The second kappa shape index (κ2) is 13.7. The molecule has 0 unspecified atom stereocenters. The predicted molar refractivity (Wildman–Crippen MR) is 145 cm³/mol. The van der Waals surface area contributed by atoms with Crippen molar-refractivity contribution in [2.45, 2.75) is 51.9 Å². The quantitative estimate of drug-likeness (QED) is 0.217. The van der Waals surface area contributed by atoms with Crippen molar-refractivity contribution in [1.82, 2.24) is 10.3 Å². The number of thiocarbonyl (C=S) groups is 1. The summed E-state index contributed by atoms with van der Waals surface area (Å²) in [6.45, 7) is 3.11. The maximum absolute atomic E-state index is 5.73. The summed E-state index contributed by atoms with van der Waals surface area (Å²) in [6, 6.07) is 16.8. The van der Waals surface area contributed by atoms with Crippen molar-refractivity contribution < 1.29 is 9.47 Å². The number of rotatable bonds is 13. The number of ether oxygens (including phenoxy) is 2. The van der Waals surface area contributed by atoms with Gasteiger partial charge in [-0.3, -0.25) is 4.98 Å². The van der Waals surface area contributed by atoms with E-state index in [0.29, 0.717) is 0 Å². The van der Waals surface area contributed by atoms with Crippen LogP contribution >= 0.6 is 12.2 Å². The molecule has 5 heteroatoms. The largest absolute Gasteiger partial charge is 0.493 e. The zero-order valence-electron chi connectivity index (χ0n) is 20.6. The van der Waals surface area contributed by atoms with Crippen LogP contribution in [0.2, 0.25) is 0 Å². The Morgan fingerprint density at radius 1 is 0.912 bits per heavy atom. The maximum Gasteiger partial charge on any atom is 0.161 e. The summed E-state index contributed by atoms with van der Waals surface area (Å²) in [4.78, 5) is 5.00. The Bertz CT molecular complexity index is 1050. The topological polar surface area (TPSA) is 43.4 Å². The van der Waals surface area contributed by atoms with Crippen molar-refractivity contribution in [2.24, 2.45) is 0 Å². The first kappa shape index (κ1) is 25.7. The third-order valence-electron chi connectivity index (χ3n) is 6.01. The first-order valence-corrected chi connectivity index (χ1v) is 12.6. The summed E-state index contributed by atoms with van der Waals surface area (Å²) >= 11 is 5.73. The van der Waals surface area contributed by atoms with Gasteiger partial charge in [0, 0.05) is 24.5 Å². The Kier molecular flexibility index (Phi) is 10.4. The number of hydrogen-bond donors (Lipinski definition) is 1. The van der Waals surface area contributed by atoms with E-state index in [4.69, 9.17) is 21.7 Å². The van der Waals surface area contributed by atoms with Crippen LogP contribution in [0, 0.1) is 0 Å². The highest BCUT2D eigenvalue weighted by Crippen LogP contribution is 2.34. The zero-order valence-corrected chi connectivity index (χ0v) is 21.4. The van der Waals surface area contributed by atoms with Gasteiger partial charge < -0.3 is 14.8 Å². The van der Waals surface area contributed by atoms with Gasteiger partial charge in [-0.25, -0.2) is 0 Å². The normalized spacial score (nSPS) is 10.7. The van der Waals surface area contributed by atoms with Crippen LogP contribution in [0.15, 0.2) is 60.9 Å². The van der Waals surface area contributed by atoms with Gasteiger partial charge in [0.25, 0.3) is 0 Å². The van der Waals surface area contributed by atoms with Crippen molar-refractivity contribution in [3.63, 3.8) is 0 Å². The first-order valence-electron chi connectivity index (χ1n) is 12.2. The van der Waals surface area contributed by atoms with E-state index in [0.717, 1.165) is 66.3 Å². The highest BCUT2D eigenvalue weighted by molar-refractivity contribution is 7.80. The molecule has 0 saturated carbocycles. The monoisotopic (exact) mass is 476 g/mol. The Hall–Kier alpha value is -2.92. The van der Waals surface area contributed by atoms with Gasteiger partial charge in [0.15, 0.2) is 11.5 Å². The fourth-order valence-corrected chi connectivity index (χ4v) is 4.33. The molecule has 34 heavy (non-hydrogen) atoms. The van der Waals surface area contributed by atoms with E-state index < -0.39 is 0 Å². The number of aryl methyl sites for hydroxylation is 2. The molecule has 0 fully saturated rings. The van der Waals surface area contributed by atoms with Gasteiger partial charge in [-0.2, -0.15) is 0 Å². The third-order valence-corrected chi connectivity index (χ3v) is 6.39. The average Bonchev–Trinajstić information content (AvgIpc) is 2.88. The van der Waals surface area contributed by atoms with Crippen LogP contribution in [-0.4, -0.2) is 30.7 Å². The molecule has 0 atom stereocenters. The van der Waals surface area contributed by atoms with Crippen LogP contribution in [0.1, 0.15) is 55.7 Å². The first-order chi connectivity index (χ1) is 16.7. The molecular weight excluding hydrogens is 440 g/mol. The van der Waals surface area contributed by atoms with Crippen LogP contribution in [0.5, 0.6) is 11.5 Å². The highest BCUT2D eigenvalue weighted by atomic mass is 32.1. The molecule has 0 aliphatic rings. The molecule has 3 aromatic rings. The average molecular weight is 477 g/mol. The van der Waals surface area contributed by atoms with E-state index in [2.05, 4.69) is 53.6 Å². The lowest BCUT2D eigenvalue weighted by Crippen LogP contribution is -2.23. The molecule has 0 aliphatic carbocycles. The molecule has 180 valence electrons. The molecule has 0 radical (unpaired) electrons. The molecular formula is C29H36N2O2S. The third kappa shape index (κ3) is 7.29. The van der Waals surface area contributed by atoms with E-state index in [1.54, 1.807) is 14.2 Å². The molecule has 0 bridgehead atoms. The van der Waals surface area contributed by atoms with E-state index >= 15 is 0 Å². The van der Waals surface area contributed by atoms with Gasteiger partial charge in [0.05, 0.1) is 14.2 Å². The Balaban J connectivity index is 1.68. The van der Waals surface area contributed by atoms with E-state index in [9.17, 15) is 0 Å². The van der Waals surface area contributed by atoms with Crippen molar-refractivity contribution in [2.75, 3.05) is 20.8 Å². The lowest BCUT2D eigenvalue weighted by atomic mass is 9.93. The number of nitrogens with zero attached hydrogens (tertiary/aromatic N) is 1.